The molecule has 4 nitrogen and oxygen atoms in total. The van der Waals surface area contributed by atoms with Gasteiger partial charge in [0.1, 0.15) is 0 Å². The molecule has 0 saturated carbocycles. The van der Waals surface area contributed by atoms with E-state index >= 15 is 0 Å². The minimum atomic E-state index is 0. The Morgan fingerprint density at radius 1 is 1.36 bits per heavy atom. The highest BCUT2D eigenvalue weighted by Gasteiger charge is 2.23. The fraction of sp³-hybridized carbons (Fsp3) is 0.625. The van der Waals surface area contributed by atoms with E-state index in [1.54, 1.807) is 7.11 Å². The van der Waals surface area contributed by atoms with Crippen LogP contribution in [0.4, 0.5) is 0 Å². The molecule has 0 bridgehead atoms. The van der Waals surface area contributed by atoms with Crippen LogP contribution in [0.3, 0.4) is 0 Å². The van der Waals surface area contributed by atoms with Gasteiger partial charge in [-0.25, -0.2) is 0 Å². The second-order valence-corrected chi connectivity index (χ2v) is 6.04. The largest absolute Gasteiger partial charge is 0.491 e. The number of piperazine rings is 1. The maximum Gasteiger partial charge on any atom is 0.179 e. The van der Waals surface area contributed by atoms with Gasteiger partial charge in [-0.15, -0.1) is 12.4 Å². The van der Waals surface area contributed by atoms with Crippen molar-refractivity contribution in [3.05, 3.63) is 22.7 Å². The number of benzene rings is 1. The van der Waals surface area contributed by atoms with Crippen LogP contribution in [0.5, 0.6) is 11.5 Å². The number of halogens is 2. The second-order valence-electron chi connectivity index (χ2n) is 5.63. The molecule has 126 valence electrons. The normalized spacial score (nSPS) is 22.0. The third kappa shape index (κ3) is 4.66. The summed E-state index contributed by atoms with van der Waals surface area (Å²) in [5.74, 6) is 1.34. The van der Waals surface area contributed by atoms with Crippen LogP contribution in [0.25, 0.3) is 0 Å². The summed E-state index contributed by atoms with van der Waals surface area (Å²) in [5, 5.41) is 4.10. The van der Waals surface area contributed by atoms with Gasteiger partial charge in [0, 0.05) is 31.7 Å². The zero-order valence-corrected chi connectivity index (χ0v) is 15.3. The first kappa shape index (κ1) is 19.4. The Bertz CT molecular complexity index is 485. The van der Waals surface area contributed by atoms with Gasteiger partial charge in [-0.2, -0.15) is 0 Å². The van der Waals surface area contributed by atoms with Crippen LogP contribution < -0.4 is 14.8 Å². The number of ether oxygens (including phenoxy) is 2. The van der Waals surface area contributed by atoms with E-state index < -0.39 is 0 Å². The van der Waals surface area contributed by atoms with Crippen LogP contribution in [-0.2, 0) is 6.54 Å². The molecule has 0 aliphatic carbocycles. The van der Waals surface area contributed by atoms with Crippen molar-refractivity contribution in [1.82, 2.24) is 10.2 Å². The Morgan fingerprint density at radius 3 is 2.73 bits per heavy atom. The van der Waals surface area contributed by atoms with Gasteiger partial charge >= 0.3 is 0 Å². The van der Waals surface area contributed by atoms with Gasteiger partial charge in [-0.1, -0.05) is 11.6 Å². The molecule has 22 heavy (non-hydrogen) atoms. The average Bonchev–Trinajstić information content (AvgIpc) is 2.43. The van der Waals surface area contributed by atoms with Crippen molar-refractivity contribution < 1.29 is 9.47 Å². The van der Waals surface area contributed by atoms with Crippen LogP contribution in [0, 0.1) is 0 Å². The van der Waals surface area contributed by atoms with Gasteiger partial charge in [0.05, 0.1) is 18.7 Å². The van der Waals surface area contributed by atoms with E-state index in [2.05, 4.69) is 24.1 Å². The van der Waals surface area contributed by atoms with Crippen molar-refractivity contribution >= 4 is 24.0 Å². The summed E-state index contributed by atoms with van der Waals surface area (Å²) in [7, 11) is 1.61. The average molecular weight is 349 g/mol. The van der Waals surface area contributed by atoms with Crippen molar-refractivity contribution in [3.8, 4) is 11.5 Å². The molecule has 2 rings (SSSR count). The molecule has 1 aliphatic rings. The number of nitrogens with one attached hydrogen (secondary N) is 1. The molecular weight excluding hydrogens is 323 g/mol. The first-order valence-corrected chi connectivity index (χ1v) is 7.89. The van der Waals surface area contributed by atoms with E-state index in [0.29, 0.717) is 29.5 Å². The lowest BCUT2D eigenvalue weighted by Crippen LogP contribution is -2.53. The van der Waals surface area contributed by atoms with Crippen LogP contribution in [0.1, 0.15) is 26.3 Å². The predicted molar refractivity (Wildman–Crippen MR) is 93.8 cm³/mol. The van der Waals surface area contributed by atoms with Gasteiger partial charge in [0.2, 0.25) is 0 Å². The zero-order chi connectivity index (χ0) is 15.4. The highest BCUT2D eigenvalue weighted by atomic mass is 35.5. The highest BCUT2D eigenvalue weighted by molar-refractivity contribution is 6.32. The third-order valence-corrected chi connectivity index (χ3v) is 4.13. The first-order chi connectivity index (χ1) is 10.0. The Labute approximate surface area is 144 Å². The van der Waals surface area contributed by atoms with Gasteiger partial charge in [0.25, 0.3) is 0 Å². The fourth-order valence-corrected chi connectivity index (χ4v) is 3.04. The summed E-state index contributed by atoms with van der Waals surface area (Å²) in [5.41, 5.74) is 1.16. The summed E-state index contributed by atoms with van der Waals surface area (Å²) in [6.45, 7) is 9.94. The van der Waals surface area contributed by atoms with E-state index in [1.807, 2.05) is 19.1 Å². The molecule has 0 spiro atoms. The first-order valence-electron chi connectivity index (χ1n) is 7.51. The van der Waals surface area contributed by atoms with Crippen LogP contribution in [-0.4, -0.2) is 43.8 Å². The molecule has 1 aromatic rings. The fourth-order valence-electron chi connectivity index (χ4n) is 2.73. The van der Waals surface area contributed by atoms with Crippen LogP contribution in [0.15, 0.2) is 12.1 Å². The Morgan fingerprint density at radius 2 is 2.09 bits per heavy atom. The summed E-state index contributed by atoms with van der Waals surface area (Å²) < 4.78 is 11.0. The van der Waals surface area contributed by atoms with E-state index in [9.17, 15) is 0 Å². The molecule has 1 aliphatic heterocycles. The number of hydrogen-bond donors (Lipinski definition) is 1. The summed E-state index contributed by atoms with van der Waals surface area (Å²) in [6, 6.07) is 5.04. The molecule has 1 aromatic carbocycles. The minimum Gasteiger partial charge on any atom is -0.491 e. The topological polar surface area (TPSA) is 33.7 Å². The van der Waals surface area contributed by atoms with E-state index in [-0.39, 0.29) is 12.4 Å². The quantitative estimate of drug-likeness (QED) is 0.884. The maximum atomic E-state index is 6.32. The zero-order valence-electron chi connectivity index (χ0n) is 13.7. The number of rotatable bonds is 5. The molecule has 0 aromatic heterocycles. The highest BCUT2D eigenvalue weighted by Crippen LogP contribution is 2.36. The van der Waals surface area contributed by atoms with Crippen LogP contribution >= 0.6 is 24.0 Å². The molecule has 1 saturated heterocycles. The van der Waals surface area contributed by atoms with E-state index in [1.165, 1.54) is 0 Å². The molecule has 2 atom stereocenters. The lowest BCUT2D eigenvalue weighted by molar-refractivity contribution is 0.138. The van der Waals surface area contributed by atoms with Crippen LogP contribution in [0.2, 0.25) is 5.02 Å². The second kappa shape index (κ2) is 8.82. The standard InChI is InChI=1S/C16H25ClN2O2.ClH/c1-5-21-15-7-13(6-14(17)16(15)20-4)10-19-9-11(2)18-8-12(19)3;/h6-7,11-12,18H,5,8-10H2,1-4H3;1H. The SMILES string of the molecule is CCOc1cc(CN2CC(C)NCC2C)cc(Cl)c1OC.Cl. The molecule has 1 fully saturated rings. The van der Waals surface area contributed by atoms with Crippen molar-refractivity contribution in [2.45, 2.75) is 39.4 Å². The van der Waals surface area contributed by atoms with E-state index in [0.717, 1.165) is 30.9 Å². The Kier molecular flexibility index (Phi) is 7.77. The summed E-state index contributed by atoms with van der Waals surface area (Å²) >= 11 is 6.32. The molecule has 2 unspecified atom stereocenters. The van der Waals surface area contributed by atoms with Gasteiger partial charge in [-0.05, 0) is 38.5 Å². The van der Waals surface area contributed by atoms with Crippen molar-refractivity contribution in [3.63, 3.8) is 0 Å². The van der Waals surface area contributed by atoms with E-state index in [4.69, 9.17) is 21.1 Å². The Hall–Kier alpha value is -0.680. The van der Waals surface area contributed by atoms with Gasteiger partial charge in [-0.3, -0.25) is 4.90 Å². The molecule has 6 heteroatoms. The predicted octanol–water partition coefficient (Wildman–Crippen LogP) is 3.35. The Balaban J connectivity index is 0.00000242. The molecule has 0 amide bonds. The number of nitrogens with zero attached hydrogens (tertiary/aromatic N) is 1. The lowest BCUT2D eigenvalue weighted by atomic mass is 10.1. The molecule has 1 N–H and O–H groups in total. The molecule has 0 radical (unpaired) electrons. The van der Waals surface area contributed by atoms with Crippen molar-refractivity contribution in [2.75, 3.05) is 26.8 Å². The van der Waals surface area contributed by atoms with Crippen molar-refractivity contribution in [1.29, 1.82) is 0 Å². The number of hydrogen-bond acceptors (Lipinski definition) is 4. The third-order valence-electron chi connectivity index (χ3n) is 3.85. The summed E-state index contributed by atoms with van der Waals surface area (Å²) in [4.78, 5) is 2.47. The molecular formula is C16H26Cl2N2O2. The summed E-state index contributed by atoms with van der Waals surface area (Å²) in [6.07, 6.45) is 0. The smallest absolute Gasteiger partial charge is 0.179 e. The van der Waals surface area contributed by atoms with Gasteiger partial charge in [0.15, 0.2) is 11.5 Å². The molecule has 1 heterocycles. The maximum absolute atomic E-state index is 6.32. The van der Waals surface area contributed by atoms with Crippen molar-refractivity contribution in [2.24, 2.45) is 0 Å². The van der Waals surface area contributed by atoms with Gasteiger partial charge < -0.3 is 14.8 Å². The minimum absolute atomic E-state index is 0. The number of methoxy groups -OCH3 is 1. The monoisotopic (exact) mass is 348 g/mol. The lowest BCUT2D eigenvalue weighted by Gasteiger charge is -2.37.